The molecule has 1 amide bonds. The normalized spacial score (nSPS) is 21.8. The molecule has 0 aliphatic carbocycles. The Morgan fingerprint density at radius 1 is 1.43 bits per heavy atom. The summed E-state index contributed by atoms with van der Waals surface area (Å²) in [4.78, 5) is 19.0. The molecule has 0 spiro atoms. The van der Waals surface area contributed by atoms with Gasteiger partial charge in [-0.2, -0.15) is 0 Å². The number of likely N-dealkylation sites (N-methyl/N-ethyl adjacent to an activating group) is 1. The van der Waals surface area contributed by atoms with Gasteiger partial charge in [-0.1, -0.05) is 12.1 Å². The van der Waals surface area contributed by atoms with E-state index in [-0.39, 0.29) is 18.1 Å². The molecule has 124 valence electrons. The lowest BCUT2D eigenvalue weighted by molar-refractivity contribution is -0.122. The molecule has 2 aromatic rings. The molecule has 23 heavy (non-hydrogen) atoms. The Morgan fingerprint density at radius 2 is 2.26 bits per heavy atom. The van der Waals surface area contributed by atoms with Crippen molar-refractivity contribution < 1.29 is 9.53 Å². The van der Waals surface area contributed by atoms with Gasteiger partial charge in [0, 0.05) is 32.5 Å². The van der Waals surface area contributed by atoms with Crippen LogP contribution in [0.3, 0.4) is 0 Å². The monoisotopic (exact) mass is 333 g/mol. The van der Waals surface area contributed by atoms with Crippen molar-refractivity contribution >= 4 is 27.5 Å². The van der Waals surface area contributed by atoms with Crippen molar-refractivity contribution in [2.75, 3.05) is 26.7 Å². The van der Waals surface area contributed by atoms with E-state index in [9.17, 15) is 4.79 Å². The molecule has 3 rings (SSSR count). The van der Waals surface area contributed by atoms with Crippen molar-refractivity contribution in [2.45, 2.75) is 31.9 Å². The van der Waals surface area contributed by atoms with Crippen molar-refractivity contribution in [3.05, 3.63) is 29.3 Å². The van der Waals surface area contributed by atoms with E-state index in [1.54, 1.807) is 11.3 Å². The Labute approximate surface area is 140 Å². The second-order valence-electron chi connectivity index (χ2n) is 5.96. The number of likely N-dealkylation sites (tertiary alicyclic amines) is 1. The van der Waals surface area contributed by atoms with Crippen LogP contribution < -0.4 is 5.32 Å². The minimum Gasteiger partial charge on any atom is -0.375 e. The molecule has 0 radical (unpaired) electrons. The fourth-order valence-electron chi connectivity index (χ4n) is 3.01. The van der Waals surface area contributed by atoms with Crippen LogP contribution in [0, 0.1) is 0 Å². The summed E-state index contributed by atoms with van der Waals surface area (Å²) in [6.07, 6.45) is 1.25. The summed E-state index contributed by atoms with van der Waals surface area (Å²) in [7, 11) is 2.05. The lowest BCUT2D eigenvalue weighted by Crippen LogP contribution is -2.44. The molecule has 5 nitrogen and oxygen atoms in total. The number of hydrogen-bond donors (Lipinski definition) is 1. The molecule has 1 aliphatic heterocycles. The lowest BCUT2D eigenvalue weighted by Gasteiger charge is -2.19. The van der Waals surface area contributed by atoms with Gasteiger partial charge >= 0.3 is 0 Å². The largest absolute Gasteiger partial charge is 0.375 e. The number of hydrogen-bond acceptors (Lipinski definition) is 5. The summed E-state index contributed by atoms with van der Waals surface area (Å²) in [6, 6.07) is 8.17. The van der Waals surface area contributed by atoms with Crippen LogP contribution in [0.5, 0.6) is 0 Å². The molecule has 1 aromatic carbocycles. The lowest BCUT2D eigenvalue weighted by atomic mass is 10.2. The Hall–Kier alpha value is -1.50. The van der Waals surface area contributed by atoms with E-state index in [1.807, 2.05) is 25.1 Å². The number of rotatable bonds is 6. The van der Waals surface area contributed by atoms with Crippen LogP contribution in [0.15, 0.2) is 24.3 Å². The van der Waals surface area contributed by atoms with Gasteiger partial charge in [-0.05, 0) is 26.1 Å². The number of ether oxygens (including phenoxy) is 1. The molecule has 1 saturated heterocycles. The highest BCUT2D eigenvalue weighted by Crippen LogP contribution is 2.22. The number of carbonyl (C=O) groups is 1. The van der Waals surface area contributed by atoms with Crippen molar-refractivity contribution in [2.24, 2.45) is 0 Å². The number of thiazole rings is 1. The maximum absolute atomic E-state index is 12.2. The number of nitrogens with zero attached hydrogens (tertiary/aromatic N) is 2. The minimum absolute atomic E-state index is 0.0780. The smallest absolute Gasteiger partial charge is 0.220 e. The van der Waals surface area contributed by atoms with E-state index < -0.39 is 0 Å². The third kappa shape index (κ3) is 4.07. The van der Waals surface area contributed by atoms with E-state index in [4.69, 9.17) is 4.74 Å². The molecule has 1 aliphatic rings. The summed E-state index contributed by atoms with van der Waals surface area (Å²) >= 11 is 1.67. The van der Waals surface area contributed by atoms with Gasteiger partial charge in [0.25, 0.3) is 0 Å². The molecule has 0 saturated carbocycles. The maximum Gasteiger partial charge on any atom is 0.220 e. The Balaban J connectivity index is 1.53. The molecule has 1 aromatic heterocycles. The van der Waals surface area contributed by atoms with Crippen molar-refractivity contribution in [3.63, 3.8) is 0 Å². The van der Waals surface area contributed by atoms with Gasteiger partial charge < -0.3 is 15.0 Å². The molecule has 1 fully saturated rings. The molecule has 1 N–H and O–H groups in total. The van der Waals surface area contributed by atoms with E-state index in [2.05, 4.69) is 28.3 Å². The predicted octanol–water partition coefficient (Wildman–Crippen LogP) is 2.06. The number of benzene rings is 1. The topological polar surface area (TPSA) is 54.5 Å². The predicted molar refractivity (Wildman–Crippen MR) is 92.8 cm³/mol. The summed E-state index contributed by atoms with van der Waals surface area (Å²) in [6.45, 7) is 4.38. The summed E-state index contributed by atoms with van der Waals surface area (Å²) in [5, 5.41) is 4.14. The molecule has 2 atom stereocenters. The van der Waals surface area contributed by atoms with Gasteiger partial charge in [-0.3, -0.25) is 4.79 Å². The Bertz CT molecular complexity index is 640. The van der Waals surface area contributed by atoms with Crippen LogP contribution in [-0.4, -0.2) is 54.7 Å². The van der Waals surface area contributed by atoms with E-state index in [1.165, 1.54) is 4.70 Å². The zero-order valence-electron chi connectivity index (χ0n) is 13.6. The minimum atomic E-state index is 0.0780. The summed E-state index contributed by atoms with van der Waals surface area (Å²) in [5.74, 6) is 0.0780. The van der Waals surface area contributed by atoms with Crippen LogP contribution in [0.25, 0.3) is 10.2 Å². The van der Waals surface area contributed by atoms with E-state index in [0.717, 1.165) is 23.6 Å². The number of fused-ring (bicyclic) bond motifs is 1. The van der Waals surface area contributed by atoms with Crippen molar-refractivity contribution in [1.82, 2.24) is 15.2 Å². The van der Waals surface area contributed by atoms with Gasteiger partial charge in [0.15, 0.2) is 0 Å². The fraction of sp³-hybridized carbons (Fsp3) is 0.529. The molecule has 0 bridgehead atoms. The number of para-hydroxylation sites is 1. The van der Waals surface area contributed by atoms with Crippen LogP contribution in [-0.2, 0) is 16.0 Å². The average molecular weight is 333 g/mol. The van der Waals surface area contributed by atoms with Gasteiger partial charge in [0.2, 0.25) is 5.91 Å². The molecular weight excluding hydrogens is 310 g/mol. The second kappa shape index (κ2) is 7.38. The molecular formula is C17H23N3O2S. The first-order valence-corrected chi connectivity index (χ1v) is 8.91. The highest BCUT2D eigenvalue weighted by atomic mass is 32.1. The molecule has 6 heteroatoms. The SMILES string of the molecule is CCO[C@@H]1CN(C)C[C@H]1NC(=O)CCc1nc2ccccc2s1. The van der Waals surface area contributed by atoms with Crippen molar-refractivity contribution in [3.8, 4) is 0 Å². The standard InChI is InChI=1S/C17H23N3O2S/c1-3-22-14-11-20(2)10-13(14)18-16(21)8-9-17-19-12-6-4-5-7-15(12)23-17/h4-7,13-14H,3,8-11H2,1-2H3,(H,18,21)/t13-,14-/m1/s1. The van der Waals surface area contributed by atoms with Crippen LogP contribution in [0.1, 0.15) is 18.4 Å². The number of nitrogens with one attached hydrogen (secondary N) is 1. The van der Waals surface area contributed by atoms with Gasteiger partial charge in [0.05, 0.1) is 27.4 Å². The van der Waals surface area contributed by atoms with Crippen molar-refractivity contribution in [1.29, 1.82) is 0 Å². The fourth-order valence-corrected chi connectivity index (χ4v) is 3.98. The number of aryl methyl sites for hydroxylation is 1. The highest BCUT2D eigenvalue weighted by Gasteiger charge is 2.32. The van der Waals surface area contributed by atoms with E-state index >= 15 is 0 Å². The third-order valence-electron chi connectivity index (χ3n) is 4.08. The van der Waals surface area contributed by atoms with Crippen LogP contribution >= 0.6 is 11.3 Å². The third-order valence-corrected chi connectivity index (χ3v) is 5.18. The quantitative estimate of drug-likeness (QED) is 0.879. The Morgan fingerprint density at radius 3 is 3.04 bits per heavy atom. The molecule has 2 heterocycles. The van der Waals surface area contributed by atoms with Crippen LogP contribution in [0.2, 0.25) is 0 Å². The number of carbonyl (C=O) groups excluding carboxylic acids is 1. The number of aromatic nitrogens is 1. The van der Waals surface area contributed by atoms with E-state index in [0.29, 0.717) is 19.4 Å². The van der Waals surface area contributed by atoms with Crippen LogP contribution in [0.4, 0.5) is 0 Å². The first-order valence-electron chi connectivity index (χ1n) is 8.09. The number of amides is 1. The first kappa shape index (κ1) is 16.4. The van der Waals surface area contributed by atoms with Gasteiger partial charge in [-0.25, -0.2) is 4.98 Å². The molecule has 0 unspecified atom stereocenters. The first-order chi connectivity index (χ1) is 11.2. The Kier molecular flexibility index (Phi) is 5.25. The second-order valence-corrected chi connectivity index (χ2v) is 7.08. The maximum atomic E-state index is 12.2. The zero-order valence-corrected chi connectivity index (χ0v) is 14.4. The average Bonchev–Trinajstić information content (AvgIpc) is 3.09. The van der Waals surface area contributed by atoms with Gasteiger partial charge in [0.1, 0.15) is 0 Å². The van der Waals surface area contributed by atoms with Gasteiger partial charge in [-0.15, -0.1) is 11.3 Å². The summed E-state index contributed by atoms with van der Waals surface area (Å²) in [5.41, 5.74) is 1.02. The zero-order chi connectivity index (χ0) is 16.2. The highest BCUT2D eigenvalue weighted by molar-refractivity contribution is 7.18. The summed E-state index contributed by atoms with van der Waals surface area (Å²) < 4.78 is 6.90.